The van der Waals surface area contributed by atoms with Gasteiger partial charge in [0.1, 0.15) is 0 Å². The summed E-state index contributed by atoms with van der Waals surface area (Å²) < 4.78 is 0. The maximum atomic E-state index is 8.93. The molecule has 0 amide bonds. The van der Waals surface area contributed by atoms with E-state index < -0.39 is 0 Å². The van der Waals surface area contributed by atoms with E-state index in [1.165, 1.54) is 12.0 Å². The fourth-order valence-electron chi connectivity index (χ4n) is 1.43. The summed E-state index contributed by atoms with van der Waals surface area (Å²) in [6.07, 6.45) is 1.18. The van der Waals surface area contributed by atoms with Crippen molar-refractivity contribution in [1.82, 2.24) is 5.32 Å². The van der Waals surface area contributed by atoms with Crippen LogP contribution in [0.25, 0.3) is 0 Å². The maximum Gasteiger partial charge on any atom is 0.0681 e. The third kappa shape index (κ3) is 4.33. The van der Waals surface area contributed by atoms with Gasteiger partial charge in [-0.25, -0.2) is 0 Å². The largest absolute Gasteiger partial charge is 0.392 e. The lowest BCUT2D eigenvalue weighted by molar-refractivity contribution is 0.282. The van der Waals surface area contributed by atoms with Gasteiger partial charge in [0.2, 0.25) is 0 Å². The first kappa shape index (κ1) is 13.2. The summed E-state index contributed by atoms with van der Waals surface area (Å²) in [4.78, 5) is 0. The van der Waals surface area contributed by atoms with Gasteiger partial charge in [-0.05, 0) is 23.0 Å². The molecular formula is C14H23NO. The van der Waals surface area contributed by atoms with Crippen molar-refractivity contribution in [3.63, 3.8) is 0 Å². The van der Waals surface area contributed by atoms with Crippen molar-refractivity contribution in [2.75, 3.05) is 6.54 Å². The lowest BCUT2D eigenvalue weighted by Crippen LogP contribution is -2.28. The second-order valence-electron chi connectivity index (χ2n) is 5.10. The number of aliphatic hydroxyl groups is 1. The number of rotatable bonds is 6. The molecule has 0 saturated carbocycles. The first-order chi connectivity index (χ1) is 7.57. The molecule has 16 heavy (non-hydrogen) atoms. The van der Waals surface area contributed by atoms with Gasteiger partial charge >= 0.3 is 0 Å². The van der Waals surface area contributed by atoms with Crippen LogP contribution in [0.15, 0.2) is 24.3 Å². The van der Waals surface area contributed by atoms with Gasteiger partial charge in [-0.3, -0.25) is 0 Å². The van der Waals surface area contributed by atoms with Gasteiger partial charge in [0.05, 0.1) is 6.61 Å². The molecule has 0 atom stereocenters. The van der Waals surface area contributed by atoms with E-state index in [4.69, 9.17) is 5.11 Å². The van der Waals surface area contributed by atoms with Crippen LogP contribution in [-0.2, 0) is 13.2 Å². The Kier molecular flexibility index (Phi) is 4.97. The van der Waals surface area contributed by atoms with E-state index in [9.17, 15) is 0 Å². The van der Waals surface area contributed by atoms with E-state index >= 15 is 0 Å². The molecule has 1 aromatic rings. The number of hydrogen-bond acceptors (Lipinski definition) is 2. The fourth-order valence-corrected chi connectivity index (χ4v) is 1.43. The van der Waals surface area contributed by atoms with Crippen LogP contribution in [-0.4, -0.2) is 11.7 Å². The minimum absolute atomic E-state index is 0.122. The molecule has 2 N–H and O–H groups in total. The molecule has 0 saturated heterocycles. The molecule has 0 radical (unpaired) electrons. The Hall–Kier alpha value is -0.860. The summed E-state index contributed by atoms with van der Waals surface area (Å²) in [5.41, 5.74) is 2.60. The molecule has 0 aliphatic rings. The summed E-state index contributed by atoms with van der Waals surface area (Å²) in [5, 5.41) is 12.4. The lowest BCUT2D eigenvalue weighted by atomic mass is 9.90. The van der Waals surface area contributed by atoms with Gasteiger partial charge in [-0.15, -0.1) is 0 Å². The molecule has 0 aliphatic heterocycles. The number of aliphatic hydroxyl groups excluding tert-OH is 1. The van der Waals surface area contributed by atoms with Crippen molar-refractivity contribution in [3.8, 4) is 0 Å². The predicted octanol–water partition coefficient (Wildman–Crippen LogP) is 2.70. The summed E-state index contributed by atoms with van der Waals surface area (Å²) in [6.45, 7) is 8.82. The molecule has 0 bridgehead atoms. The monoisotopic (exact) mass is 221 g/mol. The molecule has 90 valence electrons. The molecule has 0 heterocycles. The first-order valence-corrected chi connectivity index (χ1v) is 5.97. The second kappa shape index (κ2) is 6.02. The highest BCUT2D eigenvalue weighted by Gasteiger charge is 2.13. The van der Waals surface area contributed by atoms with Crippen molar-refractivity contribution in [2.45, 2.75) is 40.3 Å². The van der Waals surface area contributed by atoms with Crippen LogP contribution in [0.2, 0.25) is 0 Å². The van der Waals surface area contributed by atoms with Gasteiger partial charge in [0.25, 0.3) is 0 Å². The quantitative estimate of drug-likeness (QED) is 0.774. The highest BCUT2D eigenvalue weighted by molar-refractivity contribution is 5.21. The maximum absolute atomic E-state index is 8.93. The Bertz CT molecular complexity index is 303. The SMILES string of the molecule is CCC(C)(C)CNCc1ccc(CO)cc1. The van der Waals surface area contributed by atoms with Crippen LogP contribution in [0.1, 0.15) is 38.3 Å². The average molecular weight is 221 g/mol. The topological polar surface area (TPSA) is 32.3 Å². The van der Waals surface area contributed by atoms with E-state index in [0.717, 1.165) is 18.7 Å². The molecule has 1 aromatic carbocycles. The number of hydrogen-bond donors (Lipinski definition) is 2. The Morgan fingerprint density at radius 3 is 2.19 bits per heavy atom. The Balaban J connectivity index is 2.37. The molecule has 0 fully saturated rings. The van der Waals surface area contributed by atoms with Crippen molar-refractivity contribution < 1.29 is 5.11 Å². The van der Waals surface area contributed by atoms with Crippen LogP contribution < -0.4 is 5.32 Å². The lowest BCUT2D eigenvalue weighted by Gasteiger charge is -2.23. The van der Waals surface area contributed by atoms with Gasteiger partial charge in [-0.2, -0.15) is 0 Å². The van der Waals surface area contributed by atoms with Crippen LogP contribution in [0, 0.1) is 5.41 Å². The zero-order chi connectivity index (χ0) is 12.0. The van der Waals surface area contributed by atoms with Gasteiger partial charge in [-0.1, -0.05) is 45.0 Å². The molecule has 0 aliphatic carbocycles. The van der Waals surface area contributed by atoms with Gasteiger partial charge in [0, 0.05) is 13.1 Å². The second-order valence-corrected chi connectivity index (χ2v) is 5.10. The standard InChI is InChI=1S/C14H23NO/c1-4-14(2,3)11-15-9-12-5-7-13(10-16)8-6-12/h5-8,15-16H,4,9-11H2,1-3H3. The summed E-state index contributed by atoms with van der Waals surface area (Å²) in [6, 6.07) is 8.08. The summed E-state index contributed by atoms with van der Waals surface area (Å²) in [7, 11) is 0. The predicted molar refractivity (Wildman–Crippen MR) is 68.1 cm³/mol. The molecule has 0 aromatic heterocycles. The normalized spacial score (nSPS) is 11.8. The molecule has 1 rings (SSSR count). The van der Waals surface area contributed by atoms with E-state index in [1.54, 1.807) is 0 Å². The Labute approximate surface area is 98.7 Å². The smallest absolute Gasteiger partial charge is 0.0681 e. The van der Waals surface area contributed by atoms with E-state index in [-0.39, 0.29) is 6.61 Å². The molecule has 0 unspecified atom stereocenters. The summed E-state index contributed by atoms with van der Waals surface area (Å²) >= 11 is 0. The summed E-state index contributed by atoms with van der Waals surface area (Å²) in [5.74, 6) is 0. The van der Waals surface area contributed by atoms with Crippen molar-refractivity contribution in [1.29, 1.82) is 0 Å². The molecule has 0 spiro atoms. The Morgan fingerprint density at radius 2 is 1.69 bits per heavy atom. The zero-order valence-corrected chi connectivity index (χ0v) is 10.6. The van der Waals surface area contributed by atoms with E-state index in [2.05, 4.69) is 38.2 Å². The highest BCUT2D eigenvalue weighted by Crippen LogP contribution is 2.17. The molecular weight excluding hydrogens is 198 g/mol. The third-order valence-electron chi connectivity index (χ3n) is 3.10. The van der Waals surface area contributed by atoms with Crippen LogP contribution in [0.4, 0.5) is 0 Å². The zero-order valence-electron chi connectivity index (χ0n) is 10.6. The Morgan fingerprint density at radius 1 is 1.12 bits per heavy atom. The van der Waals surface area contributed by atoms with E-state index in [0.29, 0.717) is 5.41 Å². The van der Waals surface area contributed by atoms with Crippen molar-refractivity contribution >= 4 is 0 Å². The van der Waals surface area contributed by atoms with Crippen LogP contribution in [0.3, 0.4) is 0 Å². The third-order valence-corrected chi connectivity index (χ3v) is 3.10. The van der Waals surface area contributed by atoms with Crippen LogP contribution >= 0.6 is 0 Å². The van der Waals surface area contributed by atoms with Crippen molar-refractivity contribution in [2.24, 2.45) is 5.41 Å². The first-order valence-electron chi connectivity index (χ1n) is 5.97. The van der Waals surface area contributed by atoms with Crippen molar-refractivity contribution in [3.05, 3.63) is 35.4 Å². The van der Waals surface area contributed by atoms with Crippen LogP contribution in [0.5, 0.6) is 0 Å². The minimum Gasteiger partial charge on any atom is -0.392 e. The highest BCUT2D eigenvalue weighted by atomic mass is 16.3. The fraction of sp³-hybridized carbons (Fsp3) is 0.571. The molecule has 2 nitrogen and oxygen atoms in total. The van der Waals surface area contributed by atoms with Gasteiger partial charge in [0.15, 0.2) is 0 Å². The average Bonchev–Trinajstić information content (AvgIpc) is 2.30. The minimum atomic E-state index is 0.122. The molecule has 2 heteroatoms. The van der Waals surface area contributed by atoms with Gasteiger partial charge < -0.3 is 10.4 Å². The van der Waals surface area contributed by atoms with E-state index in [1.807, 2.05) is 12.1 Å². The number of nitrogens with one attached hydrogen (secondary N) is 1. The number of benzene rings is 1.